The molecule has 2 aromatic carbocycles. The lowest BCUT2D eigenvalue weighted by Crippen LogP contribution is -1.87. The van der Waals surface area contributed by atoms with Crippen molar-refractivity contribution >= 4 is 32.7 Å². The molecule has 0 aliphatic carbocycles. The monoisotopic (exact) mass is 329 g/mol. The molecule has 0 spiro atoms. The highest BCUT2D eigenvalue weighted by atomic mass is 79.9. The zero-order valence-corrected chi connectivity index (χ0v) is 12.2. The lowest BCUT2D eigenvalue weighted by atomic mass is 10.1. The number of aromatic nitrogens is 2. The van der Waals surface area contributed by atoms with Crippen molar-refractivity contribution < 1.29 is 4.74 Å². The van der Waals surface area contributed by atoms with E-state index in [1.807, 2.05) is 12.1 Å². The number of nitrogens with zero attached hydrogens (tertiary/aromatic N) is 1. The number of nitrogens with one attached hydrogen (secondary N) is 1. The number of nitrogens with two attached hydrogens (primary N) is 1. The Balaban J connectivity index is 1.88. The molecule has 0 fully saturated rings. The maximum absolute atomic E-state index is 6.01. The normalized spacial score (nSPS) is 13.8. The standard InChI is InChI=1S/C15H12BrN3O/c16-11-4-12(17)14-13(5-11)18-15(19-14)8-1-2-9-6-20-7-10(9)3-8/h1-5H,6-7,17H2,(H,18,19). The average Bonchev–Trinajstić information content (AvgIpc) is 3.03. The van der Waals surface area contributed by atoms with Gasteiger partial charge in [-0.05, 0) is 29.3 Å². The topological polar surface area (TPSA) is 63.9 Å². The zero-order chi connectivity index (χ0) is 13.7. The van der Waals surface area contributed by atoms with Crippen LogP contribution in [0.25, 0.3) is 22.4 Å². The minimum atomic E-state index is 0.668. The molecule has 3 aromatic rings. The summed E-state index contributed by atoms with van der Waals surface area (Å²) in [5.74, 6) is 0.833. The van der Waals surface area contributed by atoms with Crippen molar-refractivity contribution in [3.05, 3.63) is 45.9 Å². The second-order valence-corrected chi connectivity index (χ2v) is 5.87. The van der Waals surface area contributed by atoms with Gasteiger partial charge in [-0.1, -0.05) is 28.1 Å². The highest BCUT2D eigenvalue weighted by molar-refractivity contribution is 9.10. The van der Waals surface area contributed by atoms with Gasteiger partial charge in [0.15, 0.2) is 0 Å². The van der Waals surface area contributed by atoms with Crippen LogP contribution in [0.3, 0.4) is 0 Å². The summed E-state index contributed by atoms with van der Waals surface area (Å²) >= 11 is 3.45. The van der Waals surface area contributed by atoms with E-state index in [2.05, 4.69) is 44.1 Å². The summed E-state index contributed by atoms with van der Waals surface area (Å²) < 4.78 is 6.39. The van der Waals surface area contributed by atoms with Crippen LogP contribution >= 0.6 is 15.9 Å². The first-order chi connectivity index (χ1) is 9.70. The molecule has 3 N–H and O–H groups in total. The van der Waals surface area contributed by atoms with E-state index >= 15 is 0 Å². The number of hydrogen-bond donors (Lipinski definition) is 2. The van der Waals surface area contributed by atoms with E-state index in [9.17, 15) is 0 Å². The van der Waals surface area contributed by atoms with E-state index in [1.165, 1.54) is 11.1 Å². The summed E-state index contributed by atoms with van der Waals surface area (Å²) in [7, 11) is 0. The number of anilines is 1. The predicted molar refractivity (Wildman–Crippen MR) is 82.1 cm³/mol. The number of benzene rings is 2. The molecule has 0 atom stereocenters. The van der Waals surface area contributed by atoms with Crippen LogP contribution in [-0.4, -0.2) is 9.97 Å². The number of fused-ring (bicyclic) bond motifs is 2. The molecule has 1 aliphatic rings. The fourth-order valence-electron chi connectivity index (χ4n) is 2.56. The van der Waals surface area contributed by atoms with E-state index in [0.29, 0.717) is 18.9 Å². The zero-order valence-electron chi connectivity index (χ0n) is 10.6. The molecule has 5 heteroatoms. The summed E-state index contributed by atoms with van der Waals surface area (Å²) in [6.45, 7) is 1.38. The molecule has 4 nitrogen and oxygen atoms in total. The smallest absolute Gasteiger partial charge is 0.138 e. The molecule has 20 heavy (non-hydrogen) atoms. The van der Waals surface area contributed by atoms with Crippen molar-refractivity contribution in [1.29, 1.82) is 0 Å². The minimum absolute atomic E-state index is 0.668. The Hall–Kier alpha value is -1.85. The van der Waals surface area contributed by atoms with Crippen LogP contribution in [0.4, 0.5) is 5.69 Å². The van der Waals surface area contributed by atoms with Gasteiger partial charge in [-0.15, -0.1) is 0 Å². The lowest BCUT2D eigenvalue weighted by Gasteiger charge is -2.00. The Morgan fingerprint density at radius 2 is 2.00 bits per heavy atom. The molecule has 2 heterocycles. The maximum atomic E-state index is 6.01. The second-order valence-electron chi connectivity index (χ2n) is 4.95. The third-order valence-electron chi connectivity index (χ3n) is 3.58. The summed E-state index contributed by atoms with van der Waals surface area (Å²) in [4.78, 5) is 7.93. The third-order valence-corrected chi connectivity index (χ3v) is 4.03. The first kappa shape index (κ1) is 11.9. The average molecular weight is 330 g/mol. The van der Waals surface area contributed by atoms with E-state index in [0.717, 1.165) is 26.9 Å². The molecule has 0 unspecified atom stereocenters. The summed E-state index contributed by atoms with van der Waals surface area (Å²) in [5, 5.41) is 0. The molecule has 0 bridgehead atoms. The Kier molecular flexibility index (Phi) is 2.58. The fraction of sp³-hybridized carbons (Fsp3) is 0.133. The van der Waals surface area contributed by atoms with Crippen LogP contribution < -0.4 is 5.73 Å². The summed E-state index contributed by atoms with van der Waals surface area (Å²) in [6, 6.07) is 10.1. The van der Waals surface area contributed by atoms with E-state index in [-0.39, 0.29) is 0 Å². The molecule has 0 saturated carbocycles. The second kappa shape index (κ2) is 4.33. The summed E-state index contributed by atoms with van der Waals surface area (Å²) in [6.07, 6.45) is 0. The molecular formula is C15H12BrN3O. The molecule has 0 radical (unpaired) electrons. The highest BCUT2D eigenvalue weighted by Gasteiger charge is 2.14. The van der Waals surface area contributed by atoms with Crippen molar-refractivity contribution in [2.45, 2.75) is 13.2 Å². The number of ether oxygens (including phenoxy) is 1. The van der Waals surface area contributed by atoms with Crippen LogP contribution in [0.1, 0.15) is 11.1 Å². The Bertz CT molecular complexity index is 825. The van der Waals surface area contributed by atoms with Crippen molar-refractivity contribution in [2.24, 2.45) is 0 Å². The maximum Gasteiger partial charge on any atom is 0.138 e. The van der Waals surface area contributed by atoms with Gasteiger partial charge in [-0.2, -0.15) is 0 Å². The van der Waals surface area contributed by atoms with Crippen LogP contribution in [0.15, 0.2) is 34.8 Å². The fourth-order valence-corrected chi connectivity index (χ4v) is 3.04. The molecule has 4 rings (SSSR count). The number of rotatable bonds is 1. The van der Waals surface area contributed by atoms with Crippen LogP contribution in [0, 0.1) is 0 Å². The van der Waals surface area contributed by atoms with E-state index in [4.69, 9.17) is 10.5 Å². The van der Waals surface area contributed by atoms with Crippen molar-refractivity contribution in [3.8, 4) is 11.4 Å². The first-order valence-electron chi connectivity index (χ1n) is 6.35. The Labute approximate surface area is 124 Å². The number of nitrogen functional groups attached to an aromatic ring is 1. The number of aromatic amines is 1. The van der Waals surface area contributed by atoms with Gasteiger partial charge >= 0.3 is 0 Å². The number of halogens is 1. The van der Waals surface area contributed by atoms with Crippen LogP contribution in [-0.2, 0) is 18.0 Å². The number of hydrogen-bond acceptors (Lipinski definition) is 3. The first-order valence-corrected chi connectivity index (χ1v) is 7.15. The minimum Gasteiger partial charge on any atom is -0.397 e. The highest BCUT2D eigenvalue weighted by Crippen LogP contribution is 2.30. The molecule has 0 saturated heterocycles. The Morgan fingerprint density at radius 1 is 1.15 bits per heavy atom. The van der Waals surface area contributed by atoms with Gasteiger partial charge in [0.1, 0.15) is 11.3 Å². The van der Waals surface area contributed by atoms with Crippen molar-refractivity contribution in [1.82, 2.24) is 9.97 Å². The van der Waals surface area contributed by atoms with Gasteiger partial charge in [0.2, 0.25) is 0 Å². The lowest BCUT2D eigenvalue weighted by molar-refractivity contribution is 0.134. The van der Waals surface area contributed by atoms with Crippen molar-refractivity contribution in [3.63, 3.8) is 0 Å². The quantitative estimate of drug-likeness (QED) is 0.670. The number of imidazole rings is 1. The predicted octanol–water partition coefficient (Wildman–Crippen LogP) is 3.60. The summed E-state index contributed by atoms with van der Waals surface area (Å²) in [5.41, 5.74) is 12.0. The molecule has 0 amide bonds. The molecule has 1 aromatic heterocycles. The van der Waals surface area contributed by atoms with Gasteiger partial charge in [0.05, 0.1) is 24.4 Å². The van der Waals surface area contributed by atoms with Gasteiger partial charge in [-0.3, -0.25) is 0 Å². The number of H-pyrrole nitrogens is 1. The van der Waals surface area contributed by atoms with E-state index < -0.39 is 0 Å². The SMILES string of the molecule is Nc1cc(Br)cc2[nH]c(-c3ccc4c(c3)COC4)nc12. The molecule has 1 aliphatic heterocycles. The molecule has 100 valence electrons. The van der Waals surface area contributed by atoms with Crippen molar-refractivity contribution in [2.75, 3.05) is 5.73 Å². The third kappa shape index (κ3) is 1.82. The molecular weight excluding hydrogens is 318 g/mol. The van der Waals surface area contributed by atoms with Gasteiger partial charge in [0.25, 0.3) is 0 Å². The van der Waals surface area contributed by atoms with Gasteiger partial charge < -0.3 is 15.5 Å². The van der Waals surface area contributed by atoms with Crippen LogP contribution in [0.5, 0.6) is 0 Å². The van der Waals surface area contributed by atoms with Gasteiger partial charge in [-0.25, -0.2) is 4.98 Å². The largest absolute Gasteiger partial charge is 0.397 e. The van der Waals surface area contributed by atoms with Crippen LogP contribution in [0.2, 0.25) is 0 Å². The van der Waals surface area contributed by atoms with E-state index in [1.54, 1.807) is 0 Å². The van der Waals surface area contributed by atoms with Gasteiger partial charge in [0, 0.05) is 10.0 Å². The Morgan fingerprint density at radius 3 is 2.90 bits per heavy atom.